The molecule has 0 amide bonds. The van der Waals surface area contributed by atoms with E-state index in [1.54, 1.807) is 12.4 Å². The zero-order chi connectivity index (χ0) is 12.1. The van der Waals surface area contributed by atoms with Gasteiger partial charge < -0.3 is 15.5 Å². The molecule has 1 aliphatic heterocycles. The van der Waals surface area contributed by atoms with Crippen molar-refractivity contribution in [3.8, 4) is 0 Å². The van der Waals surface area contributed by atoms with Crippen LogP contribution < -0.4 is 15.5 Å². The van der Waals surface area contributed by atoms with E-state index in [0.717, 1.165) is 44.2 Å². The molecule has 2 heterocycles. The minimum Gasteiger partial charge on any atom is -0.365 e. The summed E-state index contributed by atoms with van der Waals surface area (Å²) in [6.07, 6.45) is 4.59. The molecular weight excluding hydrogens is 214 g/mol. The molecule has 1 aromatic heterocycles. The molecule has 0 saturated carbocycles. The van der Waals surface area contributed by atoms with E-state index in [9.17, 15) is 0 Å². The van der Waals surface area contributed by atoms with E-state index in [-0.39, 0.29) is 0 Å². The highest BCUT2D eigenvalue weighted by Gasteiger charge is 2.16. The maximum atomic E-state index is 4.46. The van der Waals surface area contributed by atoms with Gasteiger partial charge in [-0.3, -0.25) is 0 Å². The summed E-state index contributed by atoms with van der Waals surface area (Å²) in [5, 5.41) is 6.77. The Morgan fingerprint density at radius 2 is 2.06 bits per heavy atom. The van der Waals surface area contributed by atoms with Gasteiger partial charge in [-0.25, -0.2) is 9.97 Å². The lowest BCUT2D eigenvalue weighted by Crippen LogP contribution is -2.44. The predicted molar refractivity (Wildman–Crippen MR) is 70.5 cm³/mol. The minimum absolute atomic E-state index is 0.424. The highest BCUT2D eigenvalue weighted by atomic mass is 15.3. The van der Waals surface area contributed by atoms with Crippen molar-refractivity contribution in [1.82, 2.24) is 15.3 Å². The summed E-state index contributed by atoms with van der Waals surface area (Å²) in [5.74, 6) is 1.89. The number of anilines is 2. The number of rotatable bonds is 4. The molecule has 1 atom stereocenters. The second-order valence-corrected chi connectivity index (χ2v) is 4.42. The summed E-state index contributed by atoms with van der Waals surface area (Å²) in [4.78, 5) is 11.2. The molecule has 2 rings (SSSR count). The summed E-state index contributed by atoms with van der Waals surface area (Å²) >= 11 is 0. The summed E-state index contributed by atoms with van der Waals surface area (Å²) < 4.78 is 0. The van der Waals surface area contributed by atoms with Crippen LogP contribution in [0.2, 0.25) is 0 Å². The molecule has 0 aromatic carbocycles. The van der Waals surface area contributed by atoms with E-state index in [2.05, 4.69) is 39.3 Å². The van der Waals surface area contributed by atoms with Crippen LogP contribution in [0.25, 0.3) is 0 Å². The van der Waals surface area contributed by atoms with Crippen molar-refractivity contribution < 1.29 is 0 Å². The van der Waals surface area contributed by atoms with Crippen molar-refractivity contribution in [1.29, 1.82) is 0 Å². The van der Waals surface area contributed by atoms with Crippen LogP contribution >= 0.6 is 0 Å². The third-order valence-corrected chi connectivity index (χ3v) is 3.09. The van der Waals surface area contributed by atoms with E-state index in [0.29, 0.717) is 6.04 Å². The van der Waals surface area contributed by atoms with Gasteiger partial charge in [-0.05, 0) is 13.3 Å². The van der Waals surface area contributed by atoms with Crippen molar-refractivity contribution in [2.24, 2.45) is 0 Å². The first-order valence-electron chi connectivity index (χ1n) is 6.34. The molecule has 1 aliphatic rings. The van der Waals surface area contributed by atoms with Gasteiger partial charge in [-0.1, -0.05) is 6.92 Å². The molecule has 0 bridgehead atoms. The van der Waals surface area contributed by atoms with Gasteiger partial charge >= 0.3 is 0 Å². The van der Waals surface area contributed by atoms with Gasteiger partial charge in [0.05, 0.1) is 0 Å². The Kier molecular flexibility index (Phi) is 4.14. The topological polar surface area (TPSA) is 53.1 Å². The second kappa shape index (κ2) is 5.82. The average Bonchev–Trinajstić information content (AvgIpc) is 2.40. The van der Waals surface area contributed by atoms with Crippen LogP contribution in [0, 0.1) is 0 Å². The maximum absolute atomic E-state index is 4.46. The fourth-order valence-electron chi connectivity index (χ4n) is 1.88. The van der Waals surface area contributed by atoms with E-state index < -0.39 is 0 Å². The van der Waals surface area contributed by atoms with Crippen LogP contribution in [0.5, 0.6) is 0 Å². The van der Waals surface area contributed by atoms with Crippen LogP contribution in [0.15, 0.2) is 12.4 Å². The highest BCUT2D eigenvalue weighted by molar-refractivity contribution is 5.61. The molecule has 94 valence electrons. The Bertz CT molecular complexity index is 349. The zero-order valence-corrected chi connectivity index (χ0v) is 10.6. The van der Waals surface area contributed by atoms with Crippen LogP contribution in [0.3, 0.4) is 0 Å². The van der Waals surface area contributed by atoms with Gasteiger partial charge in [0.2, 0.25) is 0 Å². The largest absolute Gasteiger partial charge is 0.365 e. The second-order valence-electron chi connectivity index (χ2n) is 4.42. The van der Waals surface area contributed by atoms with E-state index in [1.165, 1.54) is 0 Å². The standard InChI is InChI=1S/C12H21N5/c1-3-10(2)16-11-12(15-5-4-14-11)17-8-6-13-7-9-17/h4-5,10,13H,3,6-9H2,1-2H3,(H,14,16). The lowest BCUT2D eigenvalue weighted by atomic mass is 10.2. The lowest BCUT2D eigenvalue weighted by molar-refractivity contribution is 0.584. The van der Waals surface area contributed by atoms with Crippen LogP contribution in [-0.4, -0.2) is 42.2 Å². The molecule has 1 aromatic rings. The van der Waals surface area contributed by atoms with Crippen molar-refractivity contribution in [3.63, 3.8) is 0 Å². The first kappa shape index (κ1) is 12.1. The molecule has 0 spiro atoms. The molecule has 2 N–H and O–H groups in total. The Morgan fingerprint density at radius 3 is 2.76 bits per heavy atom. The van der Waals surface area contributed by atoms with Gasteiger partial charge in [0.25, 0.3) is 0 Å². The first-order valence-corrected chi connectivity index (χ1v) is 6.34. The molecule has 0 radical (unpaired) electrons. The number of nitrogens with zero attached hydrogens (tertiary/aromatic N) is 3. The molecule has 5 nitrogen and oxygen atoms in total. The molecule has 17 heavy (non-hydrogen) atoms. The quantitative estimate of drug-likeness (QED) is 0.818. The SMILES string of the molecule is CCC(C)Nc1nccnc1N1CCNCC1. The van der Waals surface area contributed by atoms with E-state index >= 15 is 0 Å². The number of hydrogen-bond acceptors (Lipinski definition) is 5. The normalized spacial score (nSPS) is 17.9. The number of hydrogen-bond donors (Lipinski definition) is 2. The first-order chi connectivity index (χ1) is 8.31. The van der Waals surface area contributed by atoms with Crippen molar-refractivity contribution >= 4 is 11.6 Å². The van der Waals surface area contributed by atoms with Gasteiger partial charge in [0.1, 0.15) is 0 Å². The summed E-state index contributed by atoms with van der Waals surface area (Å²) in [6.45, 7) is 8.34. The van der Waals surface area contributed by atoms with Crippen LogP contribution in [0.4, 0.5) is 11.6 Å². The molecule has 1 unspecified atom stereocenters. The molecule has 1 saturated heterocycles. The average molecular weight is 235 g/mol. The highest BCUT2D eigenvalue weighted by Crippen LogP contribution is 2.21. The Hall–Kier alpha value is -1.36. The third-order valence-electron chi connectivity index (χ3n) is 3.09. The van der Waals surface area contributed by atoms with Crippen molar-refractivity contribution in [3.05, 3.63) is 12.4 Å². The predicted octanol–water partition coefficient (Wildman–Crippen LogP) is 1.10. The summed E-state index contributed by atoms with van der Waals surface area (Å²) in [7, 11) is 0. The minimum atomic E-state index is 0.424. The Balaban J connectivity index is 2.14. The van der Waals surface area contributed by atoms with Crippen LogP contribution in [-0.2, 0) is 0 Å². The Morgan fingerprint density at radius 1 is 1.35 bits per heavy atom. The number of nitrogens with one attached hydrogen (secondary N) is 2. The summed E-state index contributed by atoms with van der Waals surface area (Å²) in [6, 6.07) is 0.424. The van der Waals surface area contributed by atoms with Crippen LogP contribution in [0.1, 0.15) is 20.3 Å². The Labute approximate surface area is 103 Å². The third kappa shape index (κ3) is 3.06. The number of piperazine rings is 1. The van der Waals surface area contributed by atoms with Gasteiger partial charge in [-0.15, -0.1) is 0 Å². The maximum Gasteiger partial charge on any atom is 0.171 e. The molecule has 5 heteroatoms. The van der Waals surface area contributed by atoms with E-state index in [4.69, 9.17) is 0 Å². The van der Waals surface area contributed by atoms with Crippen molar-refractivity contribution in [2.45, 2.75) is 26.3 Å². The summed E-state index contributed by atoms with van der Waals surface area (Å²) in [5.41, 5.74) is 0. The lowest BCUT2D eigenvalue weighted by Gasteiger charge is -2.30. The smallest absolute Gasteiger partial charge is 0.171 e. The molecule has 0 aliphatic carbocycles. The number of aromatic nitrogens is 2. The van der Waals surface area contributed by atoms with Gasteiger partial charge in [0.15, 0.2) is 11.6 Å². The molecule has 1 fully saturated rings. The van der Waals surface area contributed by atoms with Gasteiger partial charge in [0, 0.05) is 44.6 Å². The van der Waals surface area contributed by atoms with Crippen molar-refractivity contribution in [2.75, 3.05) is 36.4 Å². The zero-order valence-electron chi connectivity index (χ0n) is 10.6. The monoisotopic (exact) mass is 235 g/mol. The van der Waals surface area contributed by atoms with Gasteiger partial charge in [-0.2, -0.15) is 0 Å². The fraction of sp³-hybridized carbons (Fsp3) is 0.667. The molecular formula is C12H21N5. The van der Waals surface area contributed by atoms with E-state index in [1.807, 2.05) is 0 Å². The fourth-order valence-corrected chi connectivity index (χ4v) is 1.88.